The van der Waals surface area contributed by atoms with Gasteiger partial charge in [0.05, 0.1) is 12.0 Å². The first kappa shape index (κ1) is 15.5. The van der Waals surface area contributed by atoms with Crippen LogP contribution in [0.5, 0.6) is 0 Å². The summed E-state index contributed by atoms with van der Waals surface area (Å²) in [4.78, 5) is 12.4. The average Bonchev–Trinajstić information content (AvgIpc) is 2.49. The Hall–Kier alpha value is -1.84. The maximum absolute atomic E-state index is 12.4. The quantitative estimate of drug-likeness (QED) is 0.890. The molecule has 2 atom stereocenters. The van der Waals surface area contributed by atoms with E-state index in [9.17, 15) is 4.79 Å². The molecule has 21 heavy (non-hydrogen) atoms. The Bertz CT molecular complexity index is 601. The Morgan fingerprint density at radius 1 is 1.14 bits per heavy atom. The zero-order valence-corrected chi connectivity index (χ0v) is 12.7. The third-order valence-electron chi connectivity index (χ3n) is 3.46. The molecule has 2 rings (SSSR count). The van der Waals surface area contributed by atoms with Gasteiger partial charge in [0.1, 0.15) is 0 Å². The summed E-state index contributed by atoms with van der Waals surface area (Å²) in [6.45, 7) is 2.21. The van der Waals surface area contributed by atoms with Gasteiger partial charge >= 0.3 is 0 Å². The van der Waals surface area contributed by atoms with Gasteiger partial charge in [-0.1, -0.05) is 54.1 Å². The van der Waals surface area contributed by atoms with Crippen molar-refractivity contribution in [2.45, 2.75) is 18.9 Å². The molecule has 0 aliphatic heterocycles. The van der Waals surface area contributed by atoms with Gasteiger partial charge in [-0.05, 0) is 30.2 Å². The van der Waals surface area contributed by atoms with E-state index in [0.29, 0.717) is 5.02 Å². The molecule has 0 bridgehead atoms. The molecular weight excluding hydrogens is 284 g/mol. The Morgan fingerprint density at radius 2 is 1.81 bits per heavy atom. The summed E-state index contributed by atoms with van der Waals surface area (Å²) < 4.78 is 0. The first-order valence-electron chi connectivity index (χ1n) is 6.92. The van der Waals surface area contributed by atoms with Crippen LogP contribution in [-0.4, -0.2) is 12.5 Å². The van der Waals surface area contributed by atoms with Gasteiger partial charge in [-0.2, -0.15) is 0 Å². The molecule has 4 heteroatoms. The molecule has 1 unspecified atom stereocenters. The van der Waals surface area contributed by atoms with E-state index in [1.54, 1.807) is 0 Å². The first-order chi connectivity index (χ1) is 10.1. The number of carbonyl (C=O) groups excluding carboxylic acids is 1. The summed E-state index contributed by atoms with van der Waals surface area (Å²) in [6.07, 6.45) is 0. The SMILES string of the molecule is C[C@@H](NC(=O)C(CN)c1ccccc1)c1cccc(Cl)c1. The number of rotatable bonds is 5. The van der Waals surface area contributed by atoms with Crippen molar-refractivity contribution in [3.8, 4) is 0 Å². The van der Waals surface area contributed by atoms with Crippen LogP contribution < -0.4 is 11.1 Å². The average molecular weight is 303 g/mol. The van der Waals surface area contributed by atoms with Crippen molar-refractivity contribution < 1.29 is 4.79 Å². The molecule has 0 heterocycles. The number of carbonyl (C=O) groups is 1. The summed E-state index contributed by atoms with van der Waals surface area (Å²) in [5, 5.41) is 3.65. The Kier molecular flexibility index (Phi) is 5.37. The fourth-order valence-electron chi connectivity index (χ4n) is 2.25. The molecule has 0 saturated carbocycles. The highest BCUT2D eigenvalue weighted by molar-refractivity contribution is 6.30. The number of hydrogen-bond acceptors (Lipinski definition) is 2. The van der Waals surface area contributed by atoms with Gasteiger partial charge in [0.15, 0.2) is 0 Å². The van der Waals surface area contributed by atoms with Crippen LogP contribution in [0.4, 0.5) is 0 Å². The molecule has 0 aromatic heterocycles. The minimum Gasteiger partial charge on any atom is -0.349 e. The topological polar surface area (TPSA) is 55.1 Å². The van der Waals surface area contributed by atoms with Gasteiger partial charge < -0.3 is 11.1 Å². The van der Waals surface area contributed by atoms with Crippen molar-refractivity contribution in [3.63, 3.8) is 0 Å². The second-order valence-corrected chi connectivity index (χ2v) is 5.42. The standard InChI is InChI=1S/C17H19ClN2O/c1-12(14-8-5-9-15(18)10-14)20-17(21)16(11-19)13-6-3-2-4-7-13/h2-10,12,16H,11,19H2,1H3,(H,20,21)/t12-,16?/m1/s1. The maximum Gasteiger partial charge on any atom is 0.229 e. The van der Waals surface area contributed by atoms with Gasteiger partial charge in [0.2, 0.25) is 5.91 Å². The summed E-state index contributed by atoms with van der Waals surface area (Å²) in [5.41, 5.74) is 7.66. The lowest BCUT2D eigenvalue weighted by molar-refractivity contribution is -0.123. The van der Waals surface area contributed by atoms with Crippen molar-refractivity contribution >= 4 is 17.5 Å². The van der Waals surface area contributed by atoms with E-state index < -0.39 is 0 Å². The number of nitrogens with two attached hydrogens (primary N) is 1. The molecule has 1 amide bonds. The molecular formula is C17H19ClN2O. The van der Waals surface area contributed by atoms with Crippen LogP contribution in [0.15, 0.2) is 54.6 Å². The summed E-state index contributed by atoms with van der Waals surface area (Å²) >= 11 is 5.98. The second kappa shape index (κ2) is 7.25. The normalized spacial score (nSPS) is 13.5. The summed E-state index contributed by atoms with van der Waals surface area (Å²) in [7, 11) is 0. The lowest BCUT2D eigenvalue weighted by Gasteiger charge is -2.20. The minimum absolute atomic E-state index is 0.0730. The van der Waals surface area contributed by atoms with Gasteiger partial charge in [-0.25, -0.2) is 0 Å². The zero-order valence-electron chi connectivity index (χ0n) is 11.9. The molecule has 3 nitrogen and oxygen atoms in total. The first-order valence-corrected chi connectivity index (χ1v) is 7.30. The van der Waals surface area contributed by atoms with E-state index in [2.05, 4.69) is 5.32 Å². The minimum atomic E-state index is -0.340. The third kappa shape index (κ3) is 4.06. The van der Waals surface area contributed by atoms with Crippen LogP contribution in [0, 0.1) is 0 Å². The van der Waals surface area contributed by atoms with E-state index in [4.69, 9.17) is 17.3 Å². The smallest absolute Gasteiger partial charge is 0.229 e. The van der Waals surface area contributed by atoms with E-state index in [0.717, 1.165) is 11.1 Å². The van der Waals surface area contributed by atoms with Crippen LogP contribution in [0.25, 0.3) is 0 Å². The Balaban J connectivity index is 2.09. The zero-order chi connectivity index (χ0) is 15.2. The highest BCUT2D eigenvalue weighted by Crippen LogP contribution is 2.20. The van der Waals surface area contributed by atoms with Crippen LogP contribution in [-0.2, 0) is 4.79 Å². The number of nitrogens with one attached hydrogen (secondary N) is 1. The van der Waals surface area contributed by atoms with Gasteiger partial charge in [-0.3, -0.25) is 4.79 Å². The molecule has 0 spiro atoms. The Morgan fingerprint density at radius 3 is 2.43 bits per heavy atom. The van der Waals surface area contributed by atoms with Crippen LogP contribution in [0.3, 0.4) is 0 Å². The third-order valence-corrected chi connectivity index (χ3v) is 3.70. The van der Waals surface area contributed by atoms with Gasteiger partial charge in [0, 0.05) is 11.6 Å². The number of halogens is 1. The fraction of sp³-hybridized carbons (Fsp3) is 0.235. The molecule has 0 aliphatic rings. The maximum atomic E-state index is 12.4. The van der Waals surface area contributed by atoms with Crippen molar-refractivity contribution in [2.75, 3.05) is 6.54 Å². The van der Waals surface area contributed by atoms with E-state index >= 15 is 0 Å². The molecule has 2 aromatic carbocycles. The molecule has 0 fully saturated rings. The summed E-state index contributed by atoms with van der Waals surface area (Å²) in [6, 6.07) is 16.9. The molecule has 0 saturated heterocycles. The van der Waals surface area contributed by atoms with Crippen LogP contribution in [0.1, 0.15) is 30.0 Å². The number of benzene rings is 2. The monoisotopic (exact) mass is 302 g/mol. The van der Waals surface area contributed by atoms with E-state index in [1.165, 1.54) is 0 Å². The lowest BCUT2D eigenvalue weighted by Crippen LogP contribution is -2.35. The van der Waals surface area contributed by atoms with E-state index in [-0.39, 0.29) is 24.4 Å². The predicted molar refractivity (Wildman–Crippen MR) is 86.2 cm³/mol. The molecule has 110 valence electrons. The van der Waals surface area contributed by atoms with Crippen molar-refractivity contribution in [1.82, 2.24) is 5.32 Å². The summed E-state index contributed by atoms with van der Waals surface area (Å²) in [5.74, 6) is -0.413. The molecule has 2 aromatic rings. The molecule has 0 radical (unpaired) electrons. The van der Waals surface area contributed by atoms with Crippen LogP contribution in [0.2, 0.25) is 5.02 Å². The van der Waals surface area contributed by atoms with Crippen molar-refractivity contribution in [2.24, 2.45) is 5.73 Å². The highest BCUT2D eigenvalue weighted by Gasteiger charge is 2.20. The molecule has 0 aliphatic carbocycles. The van der Waals surface area contributed by atoms with Crippen molar-refractivity contribution in [1.29, 1.82) is 0 Å². The van der Waals surface area contributed by atoms with Crippen molar-refractivity contribution in [3.05, 3.63) is 70.7 Å². The number of hydrogen-bond donors (Lipinski definition) is 2. The largest absolute Gasteiger partial charge is 0.349 e. The van der Waals surface area contributed by atoms with E-state index in [1.807, 2.05) is 61.5 Å². The van der Waals surface area contributed by atoms with Gasteiger partial charge in [0.25, 0.3) is 0 Å². The Labute approximate surface area is 130 Å². The highest BCUT2D eigenvalue weighted by atomic mass is 35.5. The van der Waals surface area contributed by atoms with Gasteiger partial charge in [-0.15, -0.1) is 0 Å². The second-order valence-electron chi connectivity index (χ2n) is 4.98. The van der Waals surface area contributed by atoms with Crippen LogP contribution >= 0.6 is 11.6 Å². The predicted octanol–water partition coefficient (Wildman–Crippen LogP) is 3.26. The molecule has 3 N–H and O–H groups in total. The lowest BCUT2D eigenvalue weighted by atomic mass is 9.97. The fourth-order valence-corrected chi connectivity index (χ4v) is 2.45. The number of amides is 1.